The molecule has 5 nitrogen and oxygen atoms in total. The van der Waals surface area contributed by atoms with Gasteiger partial charge in [0.05, 0.1) is 6.04 Å². The van der Waals surface area contributed by atoms with Crippen LogP contribution in [0.15, 0.2) is 42.6 Å². The Bertz CT molecular complexity index is 751. The molecule has 2 fully saturated rings. The highest BCUT2D eigenvalue weighted by atomic mass is 16.2. The van der Waals surface area contributed by atoms with E-state index in [4.69, 9.17) is 0 Å². The number of aromatic nitrogens is 2. The van der Waals surface area contributed by atoms with Crippen LogP contribution in [0.3, 0.4) is 0 Å². The zero-order valence-electron chi connectivity index (χ0n) is 16.2. The van der Waals surface area contributed by atoms with Gasteiger partial charge in [-0.05, 0) is 50.3 Å². The molecule has 1 N–H and O–H groups in total. The normalized spacial score (nSPS) is 24.1. The lowest BCUT2D eigenvalue weighted by Gasteiger charge is -2.31. The molecule has 4 rings (SSSR count). The molecule has 0 spiro atoms. The van der Waals surface area contributed by atoms with Crippen LogP contribution in [0.2, 0.25) is 0 Å². The van der Waals surface area contributed by atoms with Gasteiger partial charge in [-0.15, -0.1) is 0 Å². The molecule has 2 aliphatic rings. The third-order valence-corrected chi connectivity index (χ3v) is 6.16. The maximum atomic E-state index is 13.2. The van der Waals surface area contributed by atoms with Crippen molar-refractivity contribution in [2.75, 3.05) is 19.6 Å². The molecule has 1 amide bonds. The molecule has 5 heteroatoms. The quantitative estimate of drug-likeness (QED) is 0.879. The Morgan fingerprint density at radius 3 is 2.81 bits per heavy atom. The van der Waals surface area contributed by atoms with Crippen LogP contribution in [0.25, 0.3) is 0 Å². The minimum atomic E-state index is 0.0920. The van der Waals surface area contributed by atoms with Gasteiger partial charge in [-0.2, -0.15) is 5.10 Å². The van der Waals surface area contributed by atoms with Crippen molar-refractivity contribution in [3.05, 3.63) is 53.9 Å². The van der Waals surface area contributed by atoms with E-state index >= 15 is 0 Å². The maximum absolute atomic E-state index is 13.2. The summed E-state index contributed by atoms with van der Waals surface area (Å²) in [4.78, 5) is 15.3. The Kier molecular flexibility index (Phi) is 5.58. The molecule has 3 unspecified atom stereocenters. The van der Waals surface area contributed by atoms with Crippen LogP contribution in [-0.4, -0.2) is 46.3 Å². The van der Waals surface area contributed by atoms with Crippen LogP contribution >= 0.6 is 0 Å². The number of rotatable bonds is 5. The fraction of sp³-hybridized carbons (Fsp3) is 0.545. The summed E-state index contributed by atoms with van der Waals surface area (Å²) in [5, 5.41) is 8.07. The molecule has 0 bridgehead atoms. The minimum absolute atomic E-state index is 0.0920. The monoisotopic (exact) mass is 366 g/mol. The summed E-state index contributed by atoms with van der Waals surface area (Å²) in [5.41, 5.74) is 1.93. The smallest absolute Gasteiger partial charge is 0.274 e. The van der Waals surface area contributed by atoms with Crippen molar-refractivity contribution in [3.63, 3.8) is 0 Å². The van der Waals surface area contributed by atoms with Crippen LogP contribution in [0.5, 0.6) is 0 Å². The average molecular weight is 367 g/mol. The lowest BCUT2D eigenvalue weighted by molar-refractivity contribution is 0.0707. The highest BCUT2D eigenvalue weighted by Crippen LogP contribution is 2.34. The number of carbonyl (C=O) groups is 1. The van der Waals surface area contributed by atoms with Crippen LogP contribution in [0.1, 0.15) is 67.0 Å². The highest BCUT2D eigenvalue weighted by Gasteiger charge is 2.36. The molecule has 2 aromatic rings. The van der Waals surface area contributed by atoms with Gasteiger partial charge < -0.3 is 10.2 Å². The highest BCUT2D eigenvalue weighted by molar-refractivity contribution is 5.92. The molecule has 1 aromatic heterocycles. The predicted molar refractivity (Wildman–Crippen MR) is 107 cm³/mol. The number of carbonyl (C=O) groups excluding carboxylic acids is 1. The van der Waals surface area contributed by atoms with Gasteiger partial charge in [-0.25, -0.2) is 0 Å². The van der Waals surface area contributed by atoms with E-state index in [1.807, 2.05) is 16.9 Å². The van der Waals surface area contributed by atoms with Crippen molar-refractivity contribution in [1.29, 1.82) is 0 Å². The lowest BCUT2D eigenvalue weighted by Crippen LogP contribution is -2.39. The summed E-state index contributed by atoms with van der Waals surface area (Å²) >= 11 is 0. The van der Waals surface area contributed by atoms with E-state index < -0.39 is 0 Å². The van der Waals surface area contributed by atoms with Gasteiger partial charge in [0.15, 0.2) is 0 Å². The lowest BCUT2D eigenvalue weighted by atomic mass is 9.87. The largest absolute Gasteiger partial charge is 0.334 e. The number of likely N-dealkylation sites (tertiary alicyclic amines) is 1. The summed E-state index contributed by atoms with van der Waals surface area (Å²) in [6.07, 6.45) is 7.46. The van der Waals surface area contributed by atoms with Crippen molar-refractivity contribution in [3.8, 4) is 0 Å². The average Bonchev–Trinajstić information content (AvgIpc) is 3.40. The molecule has 2 aliphatic heterocycles. The first kappa shape index (κ1) is 18.2. The molecule has 2 saturated heterocycles. The van der Waals surface area contributed by atoms with Crippen molar-refractivity contribution in [1.82, 2.24) is 20.0 Å². The van der Waals surface area contributed by atoms with Gasteiger partial charge in [-0.1, -0.05) is 37.3 Å². The van der Waals surface area contributed by atoms with Crippen molar-refractivity contribution >= 4 is 5.91 Å². The molecular weight excluding hydrogens is 336 g/mol. The Labute approximate surface area is 161 Å². The number of amides is 1. The Hall–Kier alpha value is -2.14. The number of nitrogens with one attached hydrogen (secondary N) is 1. The van der Waals surface area contributed by atoms with Crippen molar-refractivity contribution in [2.45, 2.75) is 57.0 Å². The summed E-state index contributed by atoms with van der Waals surface area (Å²) in [5.74, 6) is 0.483. The van der Waals surface area contributed by atoms with Gasteiger partial charge in [0, 0.05) is 31.2 Å². The standard InChI is InChI=1S/C22H30N4O/c1-2-19(17-8-4-3-5-9-17)21-11-7-14-25(21)22(27)20-12-15-26(24-20)18-10-6-13-23-16-18/h3-5,8-9,12,15,18-19,21,23H,2,6-7,10-11,13-14,16H2,1H3. The van der Waals surface area contributed by atoms with E-state index in [0.29, 0.717) is 17.7 Å². The Balaban J connectivity index is 1.51. The van der Waals surface area contributed by atoms with Crippen molar-refractivity contribution in [2.24, 2.45) is 0 Å². The summed E-state index contributed by atoms with van der Waals surface area (Å²) in [7, 11) is 0. The second kappa shape index (κ2) is 8.26. The van der Waals surface area contributed by atoms with Crippen molar-refractivity contribution < 1.29 is 4.79 Å². The molecular formula is C22H30N4O. The minimum Gasteiger partial charge on any atom is -0.334 e. The van der Waals surface area contributed by atoms with Crippen LogP contribution in [-0.2, 0) is 0 Å². The first-order valence-electron chi connectivity index (χ1n) is 10.4. The van der Waals surface area contributed by atoms with E-state index in [9.17, 15) is 4.79 Å². The SMILES string of the molecule is CCC(c1ccccc1)C1CCCN1C(=O)c1ccn(C2CCCNC2)n1. The first-order valence-corrected chi connectivity index (χ1v) is 10.4. The van der Waals surface area contributed by atoms with E-state index in [2.05, 4.69) is 52.6 Å². The molecule has 3 heterocycles. The third kappa shape index (κ3) is 3.79. The topological polar surface area (TPSA) is 50.2 Å². The number of benzene rings is 1. The molecule has 1 aromatic carbocycles. The zero-order valence-corrected chi connectivity index (χ0v) is 16.2. The second-order valence-corrected chi connectivity index (χ2v) is 7.81. The maximum Gasteiger partial charge on any atom is 0.274 e. The fourth-order valence-electron chi connectivity index (χ4n) is 4.75. The second-order valence-electron chi connectivity index (χ2n) is 7.81. The third-order valence-electron chi connectivity index (χ3n) is 6.16. The summed E-state index contributed by atoms with van der Waals surface area (Å²) in [6.45, 7) is 5.08. The molecule has 0 aliphatic carbocycles. The van der Waals surface area contributed by atoms with Gasteiger partial charge >= 0.3 is 0 Å². The van der Waals surface area contributed by atoms with Gasteiger partial charge in [0.25, 0.3) is 5.91 Å². The summed E-state index contributed by atoms with van der Waals surface area (Å²) in [6, 6.07) is 13.2. The zero-order chi connectivity index (χ0) is 18.6. The molecule has 27 heavy (non-hydrogen) atoms. The molecule has 0 radical (unpaired) electrons. The van der Waals surface area contributed by atoms with Gasteiger partial charge in [-0.3, -0.25) is 9.48 Å². The van der Waals surface area contributed by atoms with E-state index in [1.165, 1.54) is 5.56 Å². The van der Waals surface area contributed by atoms with E-state index in [0.717, 1.165) is 51.7 Å². The van der Waals surface area contributed by atoms with Gasteiger partial charge in [0.1, 0.15) is 5.69 Å². The Morgan fingerprint density at radius 1 is 1.22 bits per heavy atom. The van der Waals surface area contributed by atoms with Crippen LogP contribution in [0.4, 0.5) is 0 Å². The van der Waals surface area contributed by atoms with E-state index in [1.54, 1.807) is 0 Å². The first-order chi connectivity index (χ1) is 13.3. The number of nitrogens with zero attached hydrogens (tertiary/aromatic N) is 3. The number of hydrogen-bond donors (Lipinski definition) is 1. The summed E-state index contributed by atoms with van der Waals surface area (Å²) < 4.78 is 1.99. The predicted octanol–water partition coefficient (Wildman–Crippen LogP) is 3.61. The molecule has 3 atom stereocenters. The van der Waals surface area contributed by atoms with E-state index in [-0.39, 0.29) is 11.9 Å². The van der Waals surface area contributed by atoms with Crippen LogP contribution < -0.4 is 5.32 Å². The number of hydrogen-bond acceptors (Lipinski definition) is 3. The fourth-order valence-corrected chi connectivity index (χ4v) is 4.75. The van der Waals surface area contributed by atoms with Gasteiger partial charge in [0.2, 0.25) is 0 Å². The molecule has 0 saturated carbocycles. The Morgan fingerprint density at radius 2 is 2.07 bits per heavy atom. The molecule has 144 valence electrons. The number of piperidine rings is 1. The van der Waals surface area contributed by atoms with Crippen LogP contribution in [0, 0.1) is 0 Å².